The second-order valence-corrected chi connectivity index (χ2v) is 10.3. The minimum absolute atomic E-state index is 0.0429. The second-order valence-electron chi connectivity index (χ2n) is 10.3. The van der Waals surface area contributed by atoms with Gasteiger partial charge in [-0.05, 0) is 23.3 Å². The number of nitrogens with one attached hydrogen (secondary N) is 5. The van der Waals surface area contributed by atoms with E-state index in [0.717, 1.165) is 21.8 Å². The van der Waals surface area contributed by atoms with Gasteiger partial charge in [0.05, 0.1) is 24.9 Å². The molecule has 2 aromatic heterocycles. The molecule has 9 N–H and O–H groups in total. The van der Waals surface area contributed by atoms with Crippen LogP contribution in [0.4, 0.5) is 0 Å². The number of carbonyl (C=O) groups excluding carboxylic acids is 4. The number of H-pyrrole nitrogens is 2. The Labute approximate surface area is 250 Å². The lowest BCUT2D eigenvalue weighted by Crippen LogP contribution is -2.58. The predicted molar refractivity (Wildman–Crippen MR) is 158 cm³/mol. The highest BCUT2D eigenvalue weighted by Crippen LogP contribution is 2.21. The topological polar surface area (TPSA) is 237 Å². The maximum absolute atomic E-state index is 13.8. The number of hydrogen-bond acceptors (Lipinski definition) is 7. The van der Waals surface area contributed by atoms with Gasteiger partial charge in [0.25, 0.3) is 0 Å². The molecule has 4 aromatic rings. The maximum atomic E-state index is 13.8. The van der Waals surface area contributed by atoms with Gasteiger partial charge in [-0.15, -0.1) is 0 Å². The fraction of sp³-hybridized carbons (Fsp3) is 0.267. The van der Waals surface area contributed by atoms with Crippen molar-refractivity contribution < 1.29 is 39.0 Å². The second kappa shape index (κ2) is 14.1. The van der Waals surface area contributed by atoms with E-state index in [-0.39, 0.29) is 12.8 Å². The first-order chi connectivity index (χ1) is 21.0. The lowest BCUT2D eigenvalue weighted by Gasteiger charge is -2.25. The molecule has 0 aliphatic carbocycles. The number of rotatable bonds is 15. The van der Waals surface area contributed by atoms with E-state index in [9.17, 15) is 28.8 Å². The van der Waals surface area contributed by atoms with Crippen LogP contribution in [0, 0.1) is 0 Å². The lowest BCUT2D eigenvalue weighted by molar-refractivity contribution is -0.140. The Morgan fingerprint density at radius 1 is 0.705 bits per heavy atom. The highest BCUT2D eigenvalue weighted by Gasteiger charge is 2.31. The number of benzene rings is 2. The van der Waals surface area contributed by atoms with Crippen LogP contribution in [0.5, 0.6) is 0 Å². The predicted octanol–water partition coefficient (Wildman–Crippen LogP) is 0.364. The standard InChI is InChI=1S/C30H32N6O8/c31-21(12-27(40)41)28(42)35-25(10-17-14-33-23-8-4-2-6-20(17)23)30(44)36-24(29(43)34-18(15-37)11-26(38)39)9-16-13-32-22-7-3-1-5-19(16)22/h1-8,13-15,18,21,24-25,32-33H,9-12,31H2,(H,34,43)(H,35,42)(H,36,44)(H,38,39)(H,40,41)/t18-,21-,24-,25-/m0/s1. The molecule has 4 atom stereocenters. The Balaban J connectivity index is 1.63. The molecule has 14 nitrogen and oxygen atoms in total. The van der Waals surface area contributed by atoms with Crippen LogP contribution in [0.25, 0.3) is 21.8 Å². The van der Waals surface area contributed by atoms with E-state index in [1.165, 1.54) is 0 Å². The van der Waals surface area contributed by atoms with Crippen LogP contribution in [0.1, 0.15) is 24.0 Å². The van der Waals surface area contributed by atoms with E-state index >= 15 is 0 Å². The number of aldehydes is 1. The Morgan fingerprint density at radius 2 is 1.16 bits per heavy atom. The number of amides is 3. The van der Waals surface area contributed by atoms with Crippen molar-refractivity contribution >= 4 is 57.8 Å². The molecule has 3 amide bonds. The number of aromatic nitrogens is 2. The minimum atomic E-state index is -1.44. The van der Waals surface area contributed by atoms with Crippen molar-refractivity contribution in [2.75, 3.05) is 0 Å². The van der Waals surface area contributed by atoms with Crippen molar-refractivity contribution in [3.8, 4) is 0 Å². The summed E-state index contributed by atoms with van der Waals surface area (Å²) in [6.45, 7) is 0. The molecule has 2 heterocycles. The van der Waals surface area contributed by atoms with E-state index in [1.54, 1.807) is 24.5 Å². The van der Waals surface area contributed by atoms with Gasteiger partial charge in [-0.3, -0.25) is 24.0 Å². The quantitative estimate of drug-likeness (QED) is 0.0873. The number of nitrogens with two attached hydrogens (primary N) is 1. The van der Waals surface area contributed by atoms with Gasteiger partial charge in [0, 0.05) is 47.0 Å². The van der Waals surface area contributed by atoms with Gasteiger partial charge in [-0.1, -0.05) is 36.4 Å². The molecule has 230 valence electrons. The number of carboxylic acids is 2. The molecular weight excluding hydrogens is 572 g/mol. The molecule has 4 rings (SSSR count). The summed E-state index contributed by atoms with van der Waals surface area (Å²) in [6.07, 6.45) is 2.21. The fourth-order valence-corrected chi connectivity index (χ4v) is 4.90. The van der Waals surface area contributed by atoms with Gasteiger partial charge in [-0.2, -0.15) is 0 Å². The molecule has 44 heavy (non-hydrogen) atoms. The van der Waals surface area contributed by atoms with Gasteiger partial charge in [-0.25, -0.2) is 0 Å². The normalized spacial score (nSPS) is 13.8. The summed E-state index contributed by atoms with van der Waals surface area (Å²) in [4.78, 5) is 80.0. The monoisotopic (exact) mass is 604 g/mol. The number of aromatic amines is 2. The largest absolute Gasteiger partial charge is 0.481 e. The summed E-state index contributed by atoms with van der Waals surface area (Å²) in [5.74, 6) is -5.09. The van der Waals surface area contributed by atoms with Crippen LogP contribution in [0.2, 0.25) is 0 Å². The molecule has 0 radical (unpaired) electrons. The first-order valence-electron chi connectivity index (χ1n) is 13.7. The van der Waals surface area contributed by atoms with Crippen molar-refractivity contribution in [2.45, 2.75) is 49.9 Å². The van der Waals surface area contributed by atoms with Crippen LogP contribution in [-0.2, 0) is 41.6 Å². The number of aliphatic carboxylic acids is 2. The van der Waals surface area contributed by atoms with E-state index in [2.05, 4.69) is 25.9 Å². The van der Waals surface area contributed by atoms with Crippen LogP contribution >= 0.6 is 0 Å². The smallest absolute Gasteiger partial charge is 0.305 e. The molecule has 14 heteroatoms. The highest BCUT2D eigenvalue weighted by molar-refractivity contribution is 5.96. The molecule has 0 bridgehead atoms. The lowest BCUT2D eigenvalue weighted by atomic mass is 10.0. The zero-order chi connectivity index (χ0) is 31.8. The SMILES string of the molecule is N[C@@H](CC(=O)O)C(=O)N[C@@H](Cc1c[nH]c2ccccc12)C(=O)N[C@@H](Cc1c[nH]c2ccccc12)C(=O)N[C@H](C=O)CC(=O)O. The van der Waals surface area contributed by atoms with Gasteiger partial charge < -0.3 is 46.7 Å². The average Bonchev–Trinajstić information content (AvgIpc) is 3.59. The van der Waals surface area contributed by atoms with Crippen molar-refractivity contribution in [1.29, 1.82) is 0 Å². The number of para-hydroxylation sites is 2. The number of carboxylic acid groups (broad SMARTS) is 2. The van der Waals surface area contributed by atoms with Gasteiger partial charge >= 0.3 is 11.9 Å². The molecule has 0 spiro atoms. The molecule has 0 fully saturated rings. The zero-order valence-corrected chi connectivity index (χ0v) is 23.4. The van der Waals surface area contributed by atoms with Crippen molar-refractivity contribution in [1.82, 2.24) is 25.9 Å². The number of fused-ring (bicyclic) bond motifs is 2. The Hall–Kier alpha value is -5.50. The van der Waals surface area contributed by atoms with Gasteiger partial charge in [0.1, 0.15) is 18.4 Å². The Bertz CT molecular complexity index is 1690. The average molecular weight is 605 g/mol. The van der Waals surface area contributed by atoms with E-state index in [1.807, 2.05) is 36.4 Å². The molecule has 0 saturated carbocycles. The minimum Gasteiger partial charge on any atom is -0.481 e. The summed E-state index contributed by atoms with van der Waals surface area (Å²) >= 11 is 0. The summed E-state index contributed by atoms with van der Waals surface area (Å²) in [5.41, 5.74) is 8.63. The highest BCUT2D eigenvalue weighted by atomic mass is 16.4. The van der Waals surface area contributed by atoms with Gasteiger partial charge in [0.15, 0.2) is 0 Å². The molecular formula is C30H32N6O8. The summed E-state index contributed by atoms with van der Waals surface area (Å²) in [5, 5.41) is 27.3. The summed E-state index contributed by atoms with van der Waals surface area (Å²) in [6, 6.07) is 9.17. The first-order valence-corrected chi connectivity index (χ1v) is 13.7. The van der Waals surface area contributed by atoms with Crippen molar-refractivity contribution in [3.63, 3.8) is 0 Å². The first kappa shape index (κ1) is 31.4. The van der Waals surface area contributed by atoms with E-state index in [4.69, 9.17) is 15.9 Å². The third kappa shape index (κ3) is 7.86. The summed E-state index contributed by atoms with van der Waals surface area (Å²) < 4.78 is 0. The third-order valence-electron chi connectivity index (χ3n) is 7.08. The molecule has 0 aliphatic rings. The fourth-order valence-electron chi connectivity index (χ4n) is 4.90. The van der Waals surface area contributed by atoms with Crippen LogP contribution in [0.15, 0.2) is 60.9 Å². The molecule has 0 unspecified atom stereocenters. The maximum Gasteiger partial charge on any atom is 0.305 e. The molecule has 0 aliphatic heterocycles. The zero-order valence-electron chi connectivity index (χ0n) is 23.4. The van der Waals surface area contributed by atoms with Crippen LogP contribution < -0.4 is 21.7 Å². The Morgan fingerprint density at radius 3 is 1.64 bits per heavy atom. The van der Waals surface area contributed by atoms with Crippen molar-refractivity contribution in [2.24, 2.45) is 5.73 Å². The summed E-state index contributed by atoms with van der Waals surface area (Å²) in [7, 11) is 0. The number of hydrogen-bond donors (Lipinski definition) is 8. The van der Waals surface area contributed by atoms with E-state index in [0.29, 0.717) is 17.4 Å². The third-order valence-corrected chi connectivity index (χ3v) is 7.08. The Kier molecular flexibility index (Phi) is 10.1. The van der Waals surface area contributed by atoms with Crippen molar-refractivity contribution in [3.05, 3.63) is 72.1 Å². The molecule has 2 aromatic carbocycles. The van der Waals surface area contributed by atoms with Crippen LogP contribution in [-0.4, -0.2) is 80.3 Å². The molecule has 0 saturated heterocycles. The van der Waals surface area contributed by atoms with E-state index < -0.39 is 66.7 Å². The van der Waals surface area contributed by atoms with Crippen LogP contribution in [0.3, 0.4) is 0 Å². The number of carbonyl (C=O) groups is 6. The van der Waals surface area contributed by atoms with Gasteiger partial charge in [0.2, 0.25) is 17.7 Å².